The highest BCUT2D eigenvalue weighted by Gasteiger charge is 2.33. The molecule has 204 valence electrons. The summed E-state index contributed by atoms with van der Waals surface area (Å²) >= 11 is 2.81. The van der Waals surface area contributed by atoms with Gasteiger partial charge >= 0.3 is 11.9 Å². The first kappa shape index (κ1) is 27.4. The minimum atomic E-state index is -1.02. The number of thiazole rings is 1. The number of aromatic carboxylic acids is 1. The van der Waals surface area contributed by atoms with Gasteiger partial charge in [0.2, 0.25) is 0 Å². The van der Waals surface area contributed by atoms with Gasteiger partial charge in [-0.3, -0.25) is 9.36 Å². The fourth-order valence-corrected chi connectivity index (χ4v) is 6.05. The Morgan fingerprint density at radius 1 is 1.15 bits per heavy atom. The molecule has 8 nitrogen and oxygen atoms in total. The van der Waals surface area contributed by atoms with Crippen LogP contribution in [-0.4, -0.2) is 34.5 Å². The molecule has 1 aliphatic rings. The molecule has 10 heteroatoms. The minimum Gasteiger partial charge on any atom is -0.478 e. The lowest BCUT2D eigenvalue weighted by Crippen LogP contribution is -2.39. The maximum absolute atomic E-state index is 13.8. The Balaban J connectivity index is 1.62. The molecule has 4 aromatic rings. The molecule has 40 heavy (non-hydrogen) atoms. The van der Waals surface area contributed by atoms with Crippen LogP contribution in [0.2, 0.25) is 0 Å². The zero-order valence-corrected chi connectivity index (χ0v) is 23.9. The second-order valence-electron chi connectivity index (χ2n) is 9.11. The van der Waals surface area contributed by atoms with Gasteiger partial charge in [0.1, 0.15) is 11.5 Å². The first-order chi connectivity index (χ1) is 19.2. The molecule has 0 saturated heterocycles. The van der Waals surface area contributed by atoms with Crippen molar-refractivity contribution in [3.05, 3.63) is 108 Å². The molecule has 2 aromatic heterocycles. The van der Waals surface area contributed by atoms with Crippen molar-refractivity contribution in [1.29, 1.82) is 0 Å². The Hall–Kier alpha value is -4.15. The van der Waals surface area contributed by atoms with Gasteiger partial charge in [-0.05, 0) is 74.6 Å². The Morgan fingerprint density at radius 3 is 2.58 bits per heavy atom. The van der Waals surface area contributed by atoms with Gasteiger partial charge in [0.15, 0.2) is 4.80 Å². The standard InChI is InChI=1S/C30H26N2O6S2/c1-5-37-29(36)25-17(3)31-30-32(26(25)18-8-11-21(39-4)12-9-18)27(33)24(40-30)15-20-10-13-23(38-20)22-14-19(28(34)35)7-6-16(22)2/h6-15,26H,5H2,1-4H3,(H,34,35)/b24-15-/t26-/m1/s1. The van der Waals surface area contributed by atoms with E-state index in [0.717, 1.165) is 16.0 Å². The summed E-state index contributed by atoms with van der Waals surface area (Å²) in [6, 6.07) is 15.4. The first-order valence-corrected chi connectivity index (χ1v) is 14.5. The van der Waals surface area contributed by atoms with Crippen LogP contribution in [-0.2, 0) is 9.53 Å². The van der Waals surface area contributed by atoms with E-state index in [4.69, 9.17) is 9.15 Å². The van der Waals surface area contributed by atoms with Crippen LogP contribution in [0.1, 0.15) is 47.1 Å². The number of fused-ring (bicyclic) bond motifs is 1. The summed E-state index contributed by atoms with van der Waals surface area (Å²) in [6.45, 7) is 5.56. The molecule has 1 aliphatic heterocycles. The Kier molecular flexibility index (Phi) is 7.64. The highest BCUT2D eigenvalue weighted by Crippen LogP contribution is 2.32. The topological polar surface area (TPSA) is 111 Å². The average Bonchev–Trinajstić information content (AvgIpc) is 3.52. The molecule has 1 N–H and O–H groups in total. The average molecular weight is 575 g/mol. The molecule has 0 aliphatic carbocycles. The summed E-state index contributed by atoms with van der Waals surface area (Å²) in [4.78, 5) is 44.4. The highest BCUT2D eigenvalue weighted by atomic mass is 32.2. The molecule has 0 radical (unpaired) electrons. The number of carbonyl (C=O) groups excluding carboxylic acids is 1. The monoisotopic (exact) mass is 574 g/mol. The molecule has 0 saturated carbocycles. The number of esters is 1. The number of allylic oxidation sites excluding steroid dienone is 1. The Labute approximate surface area is 238 Å². The molecule has 5 rings (SSSR count). The van der Waals surface area contributed by atoms with Gasteiger partial charge in [0.25, 0.3) is 5.56 Å². The summed E-state index contributed by atoms with van der Waals surface area (Å²) in [6.07, 6.45) is 3.62. The van der Waals surface area contributed by atoms with Gasteiger partial charge in [-0.1, -0.05) is 29.5 Å². The van der Waals surface area contributed by atoms with E-state index >= 15 is 0 Å². The normalized spacial score (nSPS) is 15.1. The number of hydrogen-bond donors (Lipinski definition) is 1. The quantitative estimate of drug-likeness (QED) is 0.250. The number of aromatic nitrogens is 1. The third-order valence-corrected chi connectivity index (χ3v) is 8.33. The molecule has 0 amide bonds. The highest BCUT2D eigenvalue weighted by molar-refractivity contribution is 7.98. The number of furan rings is 1. The predicted molar refractivity (Wildman–Crippen MR) is 154 cm³/mol. The number of carbonyl (C=O) groups is 2. The van der Waals surface area contributed by atoms with E-state index in [1.807, 2.05) is 37.4 Å². The second kappa shape index (κ2) is 11.1. The number of rotatable bonds is 7. The van der Waals surface area contributed by atoms with E-state index < -0.39 is 18.0 Å². The fraction of sp³-hybridized carbons (Fsp3) is 0.200. The van der Waals surface area contributed by atoms with Crippen LogP contribution in [0.25, 0.3) is 17.4 Å². The van der Waals surface area contributed by atoms with Crippen LogP contribution in [0, 0.1) is 6.92 Å². The zero-order chi connectivity index (χ0) is 28.6. The number of nitrogens with zero attached hydrogens (tertiary/aromatic N) is 2. The summed E-state index contributed by atoms with van der Waals surface area (Å²) in [7, 11) is 0. The van der Waals surface area contributed by atoms with Crippen LogP contribution in [0.15, 0.2) is 85.0 Å². The van der Waals surface area contributed by atoms with E-state index in [0.29, 0.717) is 37.7 Å². The summed E-state index contributed by atoms with van der Waals surface area (Å²) in [5.74, 6) is -0.606. The molecule has 0 bridgehead atoms. The Bertz CT molecular complexity index is 1840. The number of hydrogen-bond acceptors (Lipinski definition) is 8. The second-order valence-corrected chi connectivity index (χ2v) is 11.0. The van der Waals surface area contributed by atoms with Crippen molar-refractivity contribution in [3.63, 3.8) is 0 Å². The SMILES string of the molecule is CCOC(=O)C1=C(C)N=c2s/c(=C\c3ccc(-c4cc(C(=O)O)ccc4C)o3)c(=O)n2[C@@H]1c1ccc(SC)cc1. The van der Waals surface area contributed by atoms with Crippen molar-refractivity contribution >= 4 is 41.1 Å². The molecule has 3 heterocycles. The van der Waals surface area contributed by atoms with E-state index in [9.17, 15) is 19.5 Å². The summed E-state index contributed by atoms with van der Waals surface area (Å²) in [5, 5.41) is 9.37. The van der Waals surface area contributed by atoms with Crippen LogP contribution < -0.4 is 14.9 Å². The zero-order valence-electron chi connectivity index (χ0n) is 22.3. The molecule has 0 unspecified atom stereocenters. The van der Waals surface area contributed by atoms with Gasteiger partial charge in [0.05, 0.1) is 34.0 Å². The van der Waals surface area contributed by atoms with Gasteiger partial charge in [-0.15, -0.1) is 11.8 Å². The number of benzene rings is 2. The van der Waals surface area contributed by atoms with E-state index in [-0.39, 0.29) is 17.7 Å². The smallest absolute Gasteiger partial charge is 0.338 e. The lowest BCUT2D eigenvalue weighted by atomic mass is 9.96. The van der Waals surface area contributed by atoms with Gasteiger partial charge in [0, 0.05) is 16.5 Å². The third kappa shape index (κ3) is 5.07. The van der Waals surface area contributed by atoms with Gasteiger partial charge in [-0.25, -0.2) is 14.6 Å². The molecule has 1 atom stereocenters. The van der Waals surface area contributed by atoms with Crippen LogP contribution in [0.4, 0.5) is 0 Å². The molecule has 2 aromatic carbocycles. The lowest BCUT2D eigenvalue weighted by molar-refractivity contribution is -0.139. The largest absolute Gasteiger partial charge is 0.478 e. The fourth-order valence-electron chi connectivity index (χ4n) is 4.62. The first-order valence-electron chi connectivity index (χ1n) is 12.5. The van der Waals surface area contributed by atoms with Gasteiger partial charge in [-0.2, -0.15) is 0 Å². The minimum absolute atomic E-state index is 0.158. The molecule has 0 spiro atoms. The van der Waals surface area contributed by atoms with E-state index in [1.165, 1.54) is 15.9 Å². The van der Waals surface area contributed by atoms with Crippen LogP contribution in [0.3, 0.4) is 0 Å². The van der Waals surface area contributed by atoms with Crippen LogP contribution >= 0.6 is 23.1 Å². The van der Waals surface area contributed by atoms with Crippen LogP contribution in [0.5, 0.6) is 0 Å². The molecular formula is C30H26N2O6S2. The van der Waals surface area contributed by atoms with Crippen molar-refractivity contribution in [3.8, 4) is 11.3 Å². The Morgan fingerprint density at radius 2 is 1.90 bits per heavy atom. The number of carboxylic acids is 1. The summed E-state index contributed by atoms with van der Waals surface area (Å²) in [5.41, 5.74) is 2.97. The van der Waals surface area contributed by atoms with Crippen molar-refractivity contribution in [2.75, 3.05) is 12.9 Å². The van der Waals surface area contributed by atoms with Crippen molar-refractivity contribution in [2.24, 2.45) is 4.99 Å². The maximum atomic E-state index is 13.8. The van der Waals surface area contributed by atoms with E-state index in [2.05, 4.69) is 4.99 Å². The number of thioether (sulfide) groups is 1. The van der Waals surface area contributed by atoms with Crippen molar-refractivity contribution < 1.29 is 23.8 Å². The predicted octanol–water partition coefficient (Wildman–Crippen LogP) is 4.79. The van der Waals surface area contributed by atoms with Gasteiger partial charge < -0.3 is 14.3 Å². The van der Waals surface area contributed by atoms with E-state index in [1.54, 1.807) is 62.0 Å². The maximum Gasteiger partial charge on any atom is 0.338 e. The molecular weight excluding hydrogens is 548 g/mol. The lowest BCUT2D eigenvalue weighted by Gasteiger charge is -2.24. The molecule has 0 fully saturated rings. The summed E-state index contributed by atoms with van der Waals surface area (Å²) < 4.78 is 13.3. The van der Waals surface area contributed by atoms with Crippen molar-refractivity contribution in [2.45, 2.75) is 31.7 Å². The number of ether oxygens (including phenoxy) is 1. The number of aryl methyl sites for hydroxylation is 1. The van der Waals surface area contributed by atoms with Crippen molar-refractivity contribution in [1.82, 2.24) is 4.57 Å². The number of carboxylic acid groups (broad SMARTS) is 1. The third-order valence-electron chi connectivity index (χ3n) is 6.60.